The van der Waals surface area contributed by atoms with E-state index >= 15 is 0 Å². The number of aryl methyl sites for hydroxylation is 2. The van der Waals surface area contributed by atoms with E-state index in [4.69, 9.17) is 4.98 Å². The number of fused-ring (bicyclic) bond motifs is 5. The molecule has 6 aromatic rings. The lowest BCUT2D eigenvalue weighted by Gasteiger charge is -2.11. The van der Waals surface area contributed by atoms with E-state index in [1.165, 1.54) is 22.2 Å². The van der Waals surface area contributed by atoms with Crippen LogP contribution in [0.5, 0.6) is 0 Å². The largest absolute Gasteiger partial charge is 0.277 e. The quantitative estimate of drug-likeness (QED) is 0.372. The van der Waals surface area contributed by atoms with Crippen molar-refractivity contribution < 1.29 is 4.57 Å². The van der Waals surface area contributed by atoms with Crippen molar-refractivity contribution in [3.8, 4) is 16.9 Å². The molecular weight excluding hydrogens is 368 g/mol. The molecule has 0 unspecified atom stereocenters. The fourth-order valence-electron chi connectivity index (χ4n) is 4.53. The first-order valence-corrected chi connectivity index (χ1v) is 10.2. The Bertz CT molecular complexity index is 1570. The van der Waals surface area contributed by atoms with Crippen molar-refractivity contribution in [2.45, 2.75) is 6.92 Å². The predicted molar refractivity (Wildman–Crippen MR) is 121 cm³/mol. The smallest absolute Gasteiger partial charge is 0.220 e. The van der Waals surface area contributed by atoms with Gasteiger partial charge in [0.05, 0.1) is 33.3 Å². The molecule has 3 aromatic heterocycles. The van der Waals surface area contributed by atoms with Gasteiger partial charge in [-0.3, -0.25) is 8.97 Å². The van der Waals surface area contributed by atoms with Gasteiger partial charge in [0.25, 0.3) is 0 Å². The first-order valence-electron chi connectivity index (χ1n) is 10.2. The summed E-state index contributed by atoms with van der Waals surface area (Å²) in [4.78, 5) is 5.05. The molecule has 144 valence electrons. The maximum atomic E-state index is 5.05. The average molecular weight is 389 g/mol. The van der Waals surface area contributed by atoms with Crippen LogP contribution in [0.1, 0.15) is 5.56 Å². The number of benzene rings is 3. The van der Waals surface area contributed by atoms with E-state index in [-0.39, 0.29) is 0 Å². The van der Waals surface area contributed by atoms with Gasteiger partial charge in [-0.15, -0.1) is 0 Å². The van der Waals surface area contributed by atoms with E-state index in [1.54, 1.807) is 0 Å². The Balaban J connectivity index is 1.82. The van der Waals surface area contributed by atoms with Crippen molar-refractivity contribution >= 4 is 27.8 Å². The Hall–Kier alpha value is -3.92. The van der Waals surface area contributed by atoms with E-state index in [0.717, 1.165) is 28.2 Å². The number of hydrogen-bond acceptors (Lipinski definition) is 1. The molecule has 0 amide bonds. The highest BCUT2D eigenvalue weighted by atomic mass is 15.2. The van der Waals surface area contributed by atoms with Crippen LogP contribution in [-0.4, -0.2) is 14.0 Å². The molecule has 4 nitrogen and oxygen atoms in total. The Morgan fingerprint density at radius 1 is 0.767 bits per heavy atom. The summed E-state index contributed by atoms with van der Waals surface area (Å²) in [5, 5.41) is 0. The molecule has 0 bridgehead atoms. The molecule has 0 spiro atoms. The molecule has 0 fully saturated rings. The minimum absolute atomic E-state index is 0.937. The van der Waals surface area contributed by atoms with Crippen molar-refractivity contribution in [2.24, 2.45) is 7.05 Å². The number of hydrogen-bond donors (Lipinski definition) is 0. The van der Waals surface area contributed by atoms with Gasteiger partial charge in [0.1, 0.15) is 7.05 Å². The lowest BCUT2D eigenvalue weighted by Crippen LogP contribution is -2.30. The molecule has 4 heteroatoms. The summed E-state index contributed by atoms with van der Waals surface area (Å²) >= 11 is 0. The highest BCUT2D eigenvalue weighted by Crippen LogP contribution is 2.34. The highest BCUT2D eigenvalue weighted by molar-refractivity contribution is 5.94. The van der Waals surface area contributed by atoms with Crippen LogP contribution in [0.2, 0.25) is 0 Å². The molecule has 0 atom stereocenters. The minimum Gasteiger partial charge on any atom is -0.277 e. The van der Waals surface area contributed by atoms with Crippen LogP contribution in [0.3, 0.4) is 0 Å². The monoisotopic (exact) mass is 389 g/mol. The van der Waals surface area contributed by atoms with Crippen molar-refractivity contribution in [2.75, 3.05) is 0 Å². The molecule has 0 radical (unpaired) electrons. The summed E-state index contributed by atoms with van der Waals surface area (Å²) in [5.74, 6) is 0.937. The van der Waals surface area contributed by atoms with Crippen molar-refractivity contribution in [1.82, 2.24) is 14.0 Å². The second-order valence-electron chi connectivity index (χ2n) is 7.73. The molecule has 0 aliphatic carbocycles. The van der Waals surface area contributed by atoms with E-state index in [1.807, 2.05) is 6.07 Å². The molecule has 0 saturated heterocycles. The lowest BCUT2D eigenvalue weighted by molar-refractivity contribution is -0.660. The molecule has 0 saturated carbocycles. The third-order valence-corrected chi connectivity index (χ3v) is 5.90. The summed E-state index contributed by atoms with van der Waals surface area (Å²) in [7, 11) is 2.09. The molecule has 3 heterocycles. The van der Waals surface area contributed by atoms with Gasteiger partial charge >= 0.3 is 0 Å². The summed E-state index contributed by atoms with van der Waals surface area (Å²) in [5.41, 5.74) is 9.20. The summed E-state index contributed by atoms with van der Waals surface area (Å²) in [6, 6.07) is 29.7. The van der Waals surface area contributed by atoms with Gasteiger partial charge in [0.2, 0.25) is 11.5 Å². The van der Waals surface area contributed by atoms with Gasteiger partial charge in [-0.05, 0) is 48.9 Å². The topological polar surface area (TPSA) is 26.1 Å². The van der Waals surface area contributed by atoms with Crippen LogP contribution in [0.25, 0.3) is 44.8 Å². The average Bonchev–Trinajstić information content (AvgIpc) is 3.30. The fourth-order valence-corrected chi connectivity index (χ4v) is 4.53. The van der Waals surface area contributed by atoms with E-state index in [9.17, 15) is 0 Å². The Morgan fingerprint density at radius 3 is 2.43 bits per heavy atom. The Labute approximate surface area is 174 Å². The van der Waals surface area contributed by atoms with Crippen LogP contribution >= 0.6 is 0 Å². The summed E-state index contributed by atoms with van der Waals surface area (Å²) in [6.45, 7) is 2.17. The van der Waals surface area contributed by atoms with E-state index in [2.05, 4.69) is 113 Å². The van der Waals surface area contributed by atoms with Crippen LogP contribution in [-0.2, 0) is 7.05 Å². The number of nitrogens with zero attached hydrogens (tertiary/aromatic N) is 4. The lowest BCUT2D eigenvalue weighted by atomic mass is 10.1. The summed E-state index contributed by atoms with van der Waals surface area (Å²) < 4.78 is 6.75. The first kappa shape index (κ1) is 17.0. The van der Waals surface area contributed by atoms with Crippen LogP contribution < -0.4 is 4.57 Å². The van der Waals surface area contributed by atoms with Crippen molar-refractivity contribution in [3.63, 3.8) is 0 Å². The molecule has 0 aliphatic heterocycles. The SMILES string of the molecule is Cc1cccc2c1n(-c1ccccc1-c1cccc[n+]1C)c1nc3ccccc3n21. The number of aromatic nitrogens is 4. The van der Waals surface area contributed by atoms with Crippen LogP contribution in [0.15, 0.2) is 91.1 Å². The maximum Gasteiger partial charge on any atom is 0.220 e. The first-order chi connectivity index (χ1) is 14.7. The molecule has 0 N–H and O–H groups in total. The second kappa shape index (κ2) is 6.29. The Morgan fingerprint density at radius 2 is 1.53 bits per heavy atom. The Kier molecular flexibility index (Phi) is 3.56. The van der Waals surface area contributed by atoms with Gasteiger partial charge in [0.15, 0.2) is 6.20 Å². The zero-order valence-electron chi connectivity index (χ0n) is 16.9. The molecule has 30 heavy (non-hydrogen) atoms. The van der Waals surface area contributed by atoms with Crippen LogP contribution in [0.4, 0.5) is 0 Å². The number of rotatable bonds is 2. The van der Waals surface area contributed by atoms with E-state index < -0.39 is 0 Å². The second-order valence-corrected chi connectivity index (χ2v) is 7.73. The standard InChI is InChI=1S/C26H21N4/c1-18-10-9-16-24-25(18)30(26-27-20-12-4-6-15-23(20)29(24)26)22-14-5-3-11-19(22)21-13-7-8-17-28(21)2/h3-17H,1-2H3/q+1. The third kappa shape index (κ3) is 2.28. The van der Waals surface area contributed by atoms with Gasteiger partial charge in [0, 0.05) is 12.1 Å². The molecule has 6 rings (SSSR count). The number of imidazole rings is 2. The number of pyridine rings is 1. The zero-order chi connectivity index (χ0) is 20.2. The van der Waals surface area contributed by atoms with Crippen LogP contribution in [0, 0.1) is 6.92 Å². The minimum atomic E-state index is 0.937. The highest BCUT2D eigenvalue weighted by Gasteiger charge is 2.22. The van der Waals surface area contributed by atoms with Gasteiger partial charge in [-0.2, -0.15) is 0 Å². The molecule has 0 aliphatic rings. The fraction of sp³-hybridized carbons (Fsp3) is 0.0769. The van der Waals surface area contributed by atoms with Crippen molar-refractivity contribution in [1.29, 1.82) is 0 Å². The third-order valence-electron chi connectivity index (χ3n) is 5.90. The van der Waals surface area contributed by atoms with Gasteiger partial charge in [-0.1, -0.05) is 36.4 Å². The summed E-state index contributed by atoms with van der Waals surface area (Å²) in [6.07, 6.45) is 2.09. The molecular formula is C26H21N4+. The number of para-hydroxylation sites is 4. The van der Waals surface area contributed by atoms with E-state index in [0.29, 0.717) is 0 Å². The maximum absolute atomic E-state index is 5.05. The van der Waals surface area contributed by atoms with Crippen molar-refractivity contribution in [3.05, 3.63) is 96.7 Å². The predicted octanol–water partition coefficient (Wildman–Crippen LogP) is 5.23. The normalized spacial score (nSPS) is 11.7. The van der Waals surface area contributed by atoms with Gasteiger partial charge in [-0.25, -0.2) is 9.55 Å². The molecule has 3 aromatic carbocycles. The zero-order valence-corrected chi connectivity index (χ0v) is 16.9. The van der Waals surface area contributed by atoms with Gasteiger partial charge < -0.3 is 0 Å².